The van der Waals surface area contributed by atoms with Crippen molar-refractivity contribution in [2.24, 2.45) is 5.73 Å². The summed E-state index contributed by atoms with van der Waals surface area (Å²) in [5, 5.41) is 3.60. The largest absolute Gasteiger partial charge is 0.368 e. The molecule has 0 spiro atoms. The van der Waals surface area contributed by atoms with Gasteiger partial charge in [-0.15, -0.1) is 0 Å². The predicted octanol–water partition coefficient (Wildman–Crippen LogP) is 2.92. The molecule has 1 heterocycles. The van der Waals surface area contributed by atoms with Gasteiger partial charge in [-0.2, -0.15) is 0 Å². The number of carbonyl (C=O) groups is 2. The normalized spacial score (nSPS) is 12.2. The summed E-state index contributed by atoms with van der Waals surface area (Å²) < 4.78 is 0. The molecular weight excluding hydrogens is 326 g/mol. The van der Waals surface area contributed by atoms with Gasteiger partial charge in [0.05, 0.1) is 5.52 Å². The molecule has 1 aromatic heterocycles. The number of primary amides is 1. The van der Waals surface area contributed by atoms with Crippen LogP contribution >= 0.6 is 0 Å². The summed E-state index contributed by atoms with van der Waals surface area (Å²) in [6, 6.07) is 19.9. The molecular formula is C21H19N3O2. The summed E-state index contributed by atoms with van der Waals surface area (Å²) in [5.74, 6) is -1.01. The van der Waals surface area contributed by atoms with E-state index in [1.165, 1.54) is 0 Å². The summed E-state index contributed by atoms with van der Waals surface area (Å²) in [6.07, 6.45) is 4.01. The third-order valence-corrected chi connectivity index (χ3v) is 3.96. The number of para-hydroxylation sites is 1. The fraction of sp³-hybridized carbons (Fsp3) is 0.0952. The molecule has 0 aliphatic heterocycles. The molecule has 130 valence electrons. The average molecular weight is 345 g/mol. The first-order valence-electron chi connectivity index (χ1n) is 8.31. The highest BCUT2D eigenvalue weighted by molar-refractivity contribution is 5.97. The molecule has 0 radical (unpaired) electrons. The monoisotopic (exact) mass is 345 g/mol. The Morgan fingerprint density at radius 2 is 1.73 bits per heavy atom. The number of hydrogen-bond donors (Lipinski definition) is 2. The second-order valence-corrected chi connectivity index (χ2v) is 5.87. The highest BCUT2D eigenvalue weighted by Crippen LogP contribution is 2.12. The molecule has 3 rings (SSSR count). The van der Waals surface area contributed by atoms with Crippen LogP contribution < -0.4 is 11.1 Å². The first kappa shape index (κ1) is 17.4. The topological polar surface area (TPSA) is 85.1 Å². The third-order valence-electron chi connectivity index (χ3n) is 3.96. The maximum atomic E-state index is 12.4. The minimum Gasteiger partial charge on any atom is -0.368 e. The molecule has 1 atom stereocenters. The molecule has 2 amide bonds. The number of pyridine rings is 1. The molecule has 3 aromatic rings. The highest BCUT2D eigenvalue weighted by Gasteiger charge is 2.18. The Labute approximate surface area is 151 Å². The molecule has 5 heteroatoms. The van der Waals surface area contributed by atoms with Gasteiger partial charge in [0.1, 0.15) is 11.7 Å². The number of nitrogens with zero attached hydrogens (tertiary/aromatic N) is 1. The van der Waals surface area contributed by atoms with Crippen LogP contribution in [0.25, 0.3) is 17.0 Å². The molecule has 0 aliphatic rings. The van der Waals surface area contributed by atoms with Crippen molar-refractivity contribution in [3.8, 4) is 0 Å². The number of amides is 2. The number of rotatable bonds is 6. The lowest BCUT2D eigenvalue weighted by atomic mass is 10.1. The zero-order chi connectivity index (χ0) is 18.4. The van der Waals surface area contributed by atoms with Crippen LogP contribution in [0.1, 0.15) is 22.5 Å². The van der Waals surface area contributed by atoms with Gasteiger partial charge in [0.15, 0.2) is 0 Å². The Morgan fingerprint density at radius 1 is 1.00 bits per heavy atom. The zero-order valence-electron chi connectivity index (χ0n) is 14.1. The van der Waals surface area contributed by atoms with Crippen LogP contribution in [0.2, 0.25) is 0 Å². The van der Waals surface area contributed by atoms with Gasteiger partial charge in [0.25, 0.3) is 5.91 Å². The Balaban J connectivity index is 1.69. The van der Waals surface area contributed by atoms with Gasteiger partial charge in [-0.1, -0.05) is 66.7 Å². The standard InChI is InChI=1S/C21H19N3O2/c22-20(25)18(12-6-9-15-7-2-1-3-8-15)24-21(26)19-14-13-16-10-4-5-11-17(16)23-19/h1-11,13-14,18H,12H2,(H2,22,25)(H,24,26)/b9-6+/t18-/m0/s1. The fourth-order valence-corrected chi connectivity index (χ4v) is 2.58. The van der Waals surface area contributed by atoms with Gasteiger partial charge in [-0.05, 0) is 24.1 Å². The first-order valence-corrected chi connectivity index (χ1v) is 8.31. The maximum absolute atomic E-state index is 12.4. The number of aromatic nitrogens is 1. The summed E-state index contributed by atoms with van der Waals surface area (Å²) in [4.78, 5) is 28.4. The van der Waals surface area contributed by atoms with E-state index in [-0.39, 0.29) is 5.69 Å². The van der Waals surface area contributed by atoms with E-state index in [1.54, 1.807) is 6.07 Å². The van der Waals surface area contributed by atoms with E-state index in [2.05, 4.69) is 10.3 Å². The summed E-state index contributed by atoms with van der Waals surface area (Å²) in [7, 11) is 0. The highest BCUT2D eigenvalue weighted by atomic mass is 16.2. The van der Waals surface area contributed by atoms with Crippen LogP contribution in [0.4, 0.5) is 0 Å². The molecule has 0 fully saturated rings. The average Bonchev–Trinajstić information content (AvgIpc) is 2.67. The Kier molecular flexibility index (Phi) is 5.39. The van der Waals surface area contributed by atoms with Crippen LogP contribution in [-0.4, -0.2) is 22.8 Å². The van der Waals surface area contributed by atoms with Crippen molar-refractivity contribution in [1.29, 1.82) is 0 Å². The third kappa shape index (κ3) is 4.33. The van der Waals surface area contributed by atoms with Crippen molar-refractivity contribution in [2.75, 3.05) is 0 Å². The Hall–Kier alpha value is -3.47. The number of hydrogen-bond acceptors (Lipinski definition) is 3. The number of nitrogens with one attached hydrogen (secondary N) is 1. The minimum absolute atomic E-state index is 0.252. The van der Waals surface area contributed by atoms with Crippen LogP contribution in [0.5, 0.6) is 0 Å². The lowest BCUT2D eigenvalue weighted by Crippen LogP contribution is -2.44. The SMILES string of the molecule is NC(=O)[C@H](C/C=C/c1ccccc1)NC(=O)c1ccc2ccccc2n1. The van der Waals surface area contributed by atoms with Gasteiger partial charge < -0.3 is 11.1 Å². The quantitative estimate of drug-likeness (QED) is 0.720. The van der Waals surface area contributed by atoms with Crippen molar-refractivity contribution >= 4 is 28.8 Å². The van der Waals surface area contributed by atoms with Gasteiger partial charge in [0.2, 0.25) is 5.91 Å². The van der Waals surface area contributed by atoms with E-state index in [0.29, 0.717) is 6.42 Å². The van der Waals surface area contributed by atoms with E-state index in [9.17, 15) is 9.59 Å². The van der Waals surface area contributed by atoms with Gasteiger partial charge in [0, 0.05) is 5.39 Å². The van der Waals surface area contributed by atoms with Crippen molar-refractivity contribution < 1.29 is 9.59 Å². The Morgan fingerprint density at radius 3 is 2.50 bits per heavy atom. The number of benzene rings is 2. The first-order chi connectivity index (χ1) is 12.6. The smallest absolute Gasteiger partial charge is 0.270 e. The number of carbonyl (C=O) groups excluding carboxylic acids is 2. The van der Waals surface area contributed by atoms with Crippen LogP contribution in [0.15, 0.2) is 72.8 Å². The van der Waals surface area contributed by atoms with E-state index in [1.807, 2.05) is 72.8 Å². The molecule has 3 N–H and O–H groups in total. The second-order valence-electron chi connectivity index (χ2n) is 5.87. The van der Waals surface area contributed by atoms with E-state index in [0.717, 1.165) is 16.5 Å². The summed E-state index contributed by atoms with van der Waals surface area (Å²) in [5.41, 5.74) is 7.41. The van der Waals surface area contributed by atoms with E-state index in [4.69, 9.17) is 5.73 Å². The summed E-state index contributed by atoms with van der Waals surface area (Å²) >= 11 is 0. The van der Waals surface area contributed by atoms with Crippen molar-refractivity contribution in [1.82, 2.24) is 10.3 Å². The molecule has 26 heavy (non-hydrogen) atoms. The molecule has 0 saturated carbocycles. The van der Waals surface area contributed by atoms with Crippen molar-refractivity contribution in [3.05, 3.63) is 84.1 Å². The van der Waals surface area contributed by atoms with Gasteiger partial charge in [-0.3, -0.25) is 9.59 Å². The number of nitrogens with two attached hydrogens (primary N) is 1. The summed E-state index contributed by atoms with van der Waals surface area (Å²) in [6.45, 7) is 0. The molecule has 5 nitrogen and oxygen atoms in total. The van der Waals surface area contributed by atoms with Crippen LogP contribution in [0.3, 0.4) is 0 Å². The number of fused-ring (bicyclic) bond motifs is 1. The van der Waals surface area contributed by atoms with Gasteiger partial charge in [-0.25, -0.2) is 4.98 Å². The molecule has 0 unspecified atom stereocenters. The van der Waals surface area contributed by atoms with Crippen LogP contribution in [0, 0.1) is 0 Å². The molecule has 2 aromatic carbocycles. The fourth-order valence-electron chi connectivity index (χ4n) is 2.58. The molecule has 0 aliphatic carbocycles. The predicted molar refractivity (Wildman–Crippen MR) is 102 cm³/mol. The zero-order valence-corrected chi connectivity index (χ0v) is 14.1. The van der Waals surface area contributed by atoms with Crippen molar-refractivity contribution in [2.45, 2.75) is 12.5 Å². The van der Waals surface area contributed by atoms with E-state index < -0.39 is 17.9 Å². The lowest BCUT2D eigenvalue weighted by Gasteiger charge is -2.13. The van der Waals surface area contributed by atoms with Crippen LogP contribution in [-0.2, 0) is 4.79 Å². The second kappa shape index (κ2) is 8.07. The van der Waals surface area contributed by atoms with Gasteiger partial charge >= 0.3 is 0 Å². The lowest BCUT2D eigenvalue weighted by molar-refractivity contribution is -0.119. The molecule has 0 saturated heterocycles. The minimum atomic E-state index is -0.796. The maximum Gasteiger partial charge on any atom is 0.270 e. The van der Waals surface area contributed by atoms with Crippen molar-refractivity contribution in [3.63, 3.8) is 0 Å². The van der Waals surface area contributed by atoms with E-state index >= 15 is 0 Å². The molecule has 0 bridgehead atoms. The Bertz CT molecular complexity index is 952.